The van der Waals surface area contributed by atoms with E-state index in [1.807, 2.05) is 0 Å². The van der Waals surface area contributed by atoms with Crippen molar-refractivity contribution in [2.45, 2.75) is 50.6 Å². The van der Waals surface area contributed by atoms with Crippen LogP contribution >= 0.6 is 0 Å². The lowest BCUT2D eigenvalue weighted by Crippen LogP contribution is -2.54. The largest absolute Gasteiger partial charge is 0.356 e. The van der Waals surface area contributed by atoms with Crippen LogP contribution in [-0.4, -0.2) is 29.9 Å². The van der Waals surface area contributed by atoms with Gasteiger partial charge in [-0.05, 0) is 63.9 Å². The molecule has 4 heteroatoms. The smallest absolute Gasteiger partial charge is 0.217 e. The Balaban J connectivity index is 1.76. The lowest BCUT2D eigenvalue weighted by atomic mass is 9.67. The summed E-state index contributed by atoms with van der Waals surface area (Å²) in [7, 11) is 4.35. The summed E-state index contributed by atoms with van der Waals surface area (Å²) < 4.78 is 0. The zero-order valence-corrected chi connectivity index (χ0v) is 17.9. The van der Waals surface area contributed by atoms with Gasteiger partial charge in [-0.2, -0.15) is 0 Å². The molecule has 4 rings (SSSR count). The molecule has 152 valence electrons. The Kier molecular flexibility index (Phi) is 4.99. The average Bonchev–Trinajstić information content (AvgIpc) is 3.06. The predicted octanol–water partition coefficient (Wildman–Crippen LogP) is 4.84. The van der Waals surface area contributed by atoms with Crippen molar-refractivity contribution < 1.29 is 4.79 Å². The SMILES string of the molecule is CC(=O)NC1(c2[nH]c3ccccc3c2C)CCC(c2ccccc2)(N(C)C)CC1. The third kappa shape index (κ3) is 3.25. The van der Waals surface area contributed by atoms with Crippen LogP contribution in [0.5, 0.6) is 0 Å². The maximum Gasteiger partial charge on any atom is 0.217 e. The Labute approximate surface area is 173 Å². The number of hydrogen-bond donors (Lipinski definition) is 2. The van der Waals surface area contributed by atoms with Crippen LogP contribution in [0.4, 0.5) is 0 Å². The molecular formula is C25H31N3O. The number of carbonyl (C=O) groups is 1. The van der Waals surface area contributed by atoms with E-state index in [2.05, 4.69) is 90.8 Å². The zero-order valence-electron chi connectivity index (χ0n) is 17.9. The summed E-state index contributed by atoms with van der Waals surface area (Å²) in [5.41, 5.74) is 4.53. The number of fused-ring (bicyclic) bond motifs is 1. The Morgan fingerprint density at radius 3 is 2.17 bits per heavy atom. The van der Waals surface area contributed by atoms with Gasteiger partial charge in [0.25, 0.3) is 0 Å². The zero-order chi connectivity index (χ0) is 20.6. The van der Waals surface area contributed by atoms with Crippen molar-refractivity contribution in [3.8, 4) is 0 Å². The number of amides is 1. The van der Waals surface area contributed by atoms with Gasteiger partial charge in [-0.1, -0.05) is 48.5 Å². The molecule has 29 heavy (non-hydrogen) atoms. The predicted molar refractivity (Wildman–Crippen MR) is 119 cm³/mol. The van der Waals surface area contributed by atoms with Gasteiger partial charge in [-0.15, -0.1) is 0 Å². The highest BCUT2D eigenvalue weighted by Gasteiger charge is 2.47. The topological polar surface area (TPSA) is 48.1 Å². The van der Waals surface area contributed by atoms with Gasteiger partial charge in [-0.25, -0.2) is 0 Å². The first-order valence-corrected chi connectivity index (χ1v) is 10.5. The van der Waals surface area contributed by atoms with Crippen LogP contribution in [0.15, 0.2) is 54.6 Å². The van der Waals surface area contributed by atoms with Gasteiger partial charge < -0.3 is 10.3 Å². The first-order chi connectivity index (χ1) is 13.9. The highest BCUT2D eigenvalue weighted by Crippen LogP contribution is 2.49. The first kappa shape index (κ1) is 19.7. The fraction of sp³-hybridized carbons (Fsp3) is 0.400. The lowest BCUT2D eigenvalue weighted by Gasteiger charge is -2.50. The number of aromatic amines is 1. The minimum absolute atomic E-state index is 0.0108. The van der Waals surface area contributed by atoms with E-state index in [-0.39, 0.29) is 17.0 Å². The standard InChI is InChI=1S/C25H31N3O/c1-18-21-12-8-9-13-22(21)26-23(18)24(27-19(2)29)14-16-25(17-15-24,28(3)4)20-10-6-5-7-11-20/h5-13,26H,14-17H2,1-4H3,(H,27,29). The number of rotatable bonds is 4. The molecule has 2 N–H and O–H groups in total. The van der Waals surface area contributed by atoms with E-state index in [9.17, 15) is 4.79 Å². The van der Waals surface area contributed by atoms with Crippen molar-refractivity contribution in [1.82, 2.24) is 15.2 Å². The molecule has 0 unspecified atom stereocenters. The van der Waals surface area contributed by atoms with E-state index in [1.54, 1.807) is 6.92 Å². The molecule has 1 amide bonds. The summed E-state index contributed by atoms with van der Waals surface area (Å²) in [6, 6.07) is 19.2. The van der Waals surface area contributed by atoms with Crippen molar-refractivity contribution in [1.29, 1.82) is 0 Å². The molecule has 0 spiro atoms. The average molecular weight is 390 g/mol. The summed E-state index contributed by atoms with van der Waals surface area (Å²) in [5, 5.41) is 4.59. The summed E-state index contributed by atoms with van der Waals surface area (Å²) in [5.74, 6) is 0.0279. The maximum absolute atomic E-state index is 12.2. The number of carbonyl (C=O) groups excluding carboxylic acids is 1. The Bertz CT molecular complexity index is 1010. The third-order valence-corrected chi connectivity index (χ3v) is 6.96. The molecular weight excluding hydrogens is 358 g/mol. The molecule has 0 bridgehead atoms. The second-order valence-electron chi connectivity index (χ2n) is 8.73. The van der Waals surface area contributed by atoms with Gasteiger partial charge in [-0.3, -0.25) is 9.69 Å². The number of benzene rings is 2. The highest BCUT2D eigenvalue weighted by atomic mass is 16.1. The second kappa shape index (κ2) is 7.34. The second-order valence-corrected chi connectivity index (χ2v) is 8.73. The molecule has 1 aliphatic carbocycles. The van der Waals surface area contributed by atoms with Crippen LogP contribution in [0.25, 0.3) is 10.9 Å². The van der Waals surface area contributed by atoms with E-state index >= 15 is 0 Å². The number of aromatic nitrogens is 1. The number of para-hydroxylation sites is 1. The quantitative estimate of drug-likeness (QED) is 0.671. The molecule has 1 aliphatic rings. The Hall–Kier alpha value is -2.59. The summed E-state index contributed by atoms with van der Waals surface area (Å²) in [6.45, 7) is 3.80. The number of nitrogens with zero attached hydrogens (tertiary/aromatic N) is 1. The molecule has 1 saturated carbocycles. The van der Waals surface area contributed by atoms with Crippen LogP contribution in [-0.2, 0) is 15.9 Å². The van der Waals surface area contributed by atoms with Crippen molar-refractivity contribution in [2.75, 3.05) is 14.1 Å². The van der Waals surface area contributed by atoms with Crippen LogP contribution < -0.4 is 5.32 Å². The molecule has 3 aromatic rings. The lowest BCUT2D eigenvalue weighted by molar-refractivity contribution is -0.122. The number of hydrogen-bond acceptors (Lipinski definition) is 2. The van der Waals surface area contributed by atoms with Gasteiger partial charge in [0, 0.05) is 29.1 Å². The van der Waals surface area contributed by atoms with Gasteiger partial charge in [0.15, 0.2) is 0 Å². The monoisotopic (exact) mass is 389 g/mol. The van der Waals surface area contributed by atoms with E-state index in [4.69, 9.17) is 0 Å². The molecule has 1 heterocycles. The normalized spacial score (nSPS) is 24.7. The van der Waals surface area contributed by atoms with Crippen molar-refractivity contribution in [3.63, 3.8) is 0 Å². The summed E-state index contributed by atoms with van der Waals surface area (Å²) >= 11 is 0. The van der Waals surface area contributed by atoms with E-state index in [1.165, 1.54) is 16.5 Å². The number of H-pyrrole nitrogens is 1. The molecule has 1 aromatic heterocycles. The fourth-order valence-electron chi connectivity index (χ4n) is 5.37. The Morgan fingerprint density at radius 2 is 1.59 bits per heavy atom. The molecule has 0 saturated heterocycles. The van der Waals surface area contributed by atoms with Gasteiger partial charge >= 0.3 is 0 Å². The minimum atomic E-state index is -0.358. The molecule has 0 aliphatic heterocycles. The molecule has 1 fully saturated rings. The minimum Gasteiger partial charge on any atom is -0.356 e. The van der Waals surface area contributed by atoms with E-state index in [0.717, 1.165) is 36.9 Å². The van der Waals surface area contributed by atoms with Gasteiger partial charge in [0.2, 0.25) is 5.91 Å². The van der Waals surface area contributed by atoms with Crippen LogP contribution in [0.1, 0.15) is 49.4 Å². The maximum atomic E-state index is 12.2. The van der Waals surface area contributed by atoms with E-state index < -0.39 is 0 Å². The molecule has 2 aromatic carbocycles. The number of nitrogens with one attached hydrogen (secondary N) is 2. The van der Waals surface area contributed by atoms with Crippen molar-refractivity contribution >= 4 is 16.8 Å². The van der Waals surface area contributed by atoms with Crippen LogP contribution in [0, 0.1) is 6.92 Å². The third-order valence-electron chi connectivity index (χ3n) is 6.96. The van der Waals surface area contributed by atoms with Crippen molar-refractivity contribution in [3.05, 3.63) is 71.4 Å². The highest BCUT2D eigenvalue weighted by molar-refractivity contribution is 5.85. The fourth-order valence-corrected chi connectivity index (χ4v) is 5.37. The van der Waals surface area contributed by atoms with E-state index in [0.29, 0.717) is 0 Å². The van der Waals surface area contributed by atoms with Gasteiger partial charge in [0.1, 0.15) is 0 Å². The first-order valence-electron chi connectivity index (χ1n) is 10.5. The summed E-state index contributed by atoms with van der Waals surface area (Å²) in [4.78, 5) is 18.3. The molecule has 4 nitrogen and oxygen atoms in total. The molecule has 0 radical (unpaired) electrons. The Morgan fingerprint density at radius 1 is 0.966 bits per heavy atom. The van der Waals surface area contributed by atoms with Crippen LogP contribution in [0.3, 0.4) is 0 Å². The summed E-state index contributed by atoms with van der Waals surface area (Å²) in [6.07, 6.45) is 3.76. The van der Waals surface area contributed by atoms with Crippen molar-refractivity contribution in [2.24, 2.45) is 0 Å². The van der Waals surface area contributed by atoms with Crippen LogP contribution in [0.2, 0.25) is 0 Å². The van der Waals surface area contributed by atoms with Gasteiger partial charge in [0.05, 0.1) is 5.54 Å². The molecule has 0 atom stereocenters. The number of aryl methyl sites for hydroxylation is 1.